The van der Waals surface area contributed by atoms with E-state index in [1.165, 1.54) is 24.5 Å². The fourth-order valence-electron chi connectivity index (χ4n) is 4.66. The molecule has 8 heteroatoms. The number of carbonyl (C=O) groups is 1. The zero-order chi connectivity index (χ0) is 24.2. The van der Waals surface area contributed by atoms with Gasteiger partial charge in [0.05, 0.1) is 6.26 Å². The molecule has 4 rings (SSSR count). The van der Waals surface area contributed by atoms with Crippen LogP contribution in [0.5, 0.6) is 0 Å². The van der Waals surface area contributed by atoms with Gasteiger partial charge in [0.15, 0.2) is 5.76 Å². The molecule has 180 valence electrons. The number of rotatable bonds is 7. The second kappa shape index (κ2) is 10.4. The van der Waals surface area contributed by atoms with Crippen LogP contribution in [-0.4, -0.2) is 41.9 Å². The van der Waals surface area contributed by atoms with Crippen molar-refractivity contribution in [3.05, 3.63) is 95.0 Å². The molecule has 2 heterocycles. The first-order valence-corrected chi connectivity index (χ1v) is 11.2. The molecule has 2 aromatic carbocycles. The molecule has 34 heavy (non-hydrogen) atoms. The van der Waals surface area contributed by atoms with E-state index in [9.17, 15) is 22.4 Å². The van der Waals surface area contributed by atoms with E-state index in [4.69, 9.17) is 4.42 Å². The number of hydrogen-bond donors (Lipinski definition) is 0. The number of amides is 1. The largest absolute Gasteiger partial charge is 0.459 e. The zero-order valence-electron chi connectivity index (χ0n) is 18.8. The van der Waals surface area contributed by atoms with Crippen molar-refractivity contribution in [2.45, 2.75) is 31.8 Å². The Bertz CT molecular complexity index is 1130. The first-order valence-electron chi connectivity index (χ1n) is 11.2. The summed E-state index contributed by atoms with van der Waals surface area (Å²) in [5.74, 6) is -2.34. The number of nitrogens with zero attached hydrogens (tertiary/aromatic N) is 2. The third-order valence-electron chi connectivity index (χ3n) is 6.57. The van der Waals surface area contributed by atoms with Gasteiger partial charge in [-0.3, -0.25) is 9.69 Å². The van der Waals surface area contributed by atoms with Crippen molar-refractivity contribution in [2.75, 3.05) is 20.1 Å². The van der Waals surface area contributed by atoms with Crippen molar-refractivity contribution in [1.29, 1.82) is 0 Å². The molecule has 4 nitrogen and oxygen atoms in total. The highest BCUT2D eigenvalue weighted by Crippen LogP contribution is 2.29. The fourth-order valence-corrected chi connectivity index (χ4v) is 4.66. The standard InChI is InChI=1S/C26H26F4N2O2/c1-31(26(33)25-3-2-12-34-25)24(14-18-4-5-21(28)15-23(18)30)17-8-10-32(11-9-17)16-19-13-20(27)6-7-22(19)29/h2-7,12-13,15,17,24H,8-11,14,16H2,1H3/t24-/m1/s1. The van der Waals surface area contributed by atoms with Crippen LogP contribution in [0.25, 0.3) is 0 Å². The quantitative estimate of drug-likeness (QED) is 0.429. The Balaban J connectivity index is 1.49. The molecular formula is C26H26F4N2O2. The maximum Gasteiger partial charge on any atom is 0.289 e. The van der Waals surface area contributed by atoms with E-state index in [-0.39, 0.29) is 36.6 Å². The molecule has 0 spiro atoms. The molecule has 1 fully saturated rings. The lowest BCUT2D eigenvalue weighted by atomic mass is 9.84. The lowest BCUT2D eigenvalue weighted by Crippen LogP contribution is -2.47. The fraction of sp³-hybridized carbons (Fsp3) is 0.346. The third kappa shape index (κ3) is 5.50. The highest BCUT2D eigenvalue weighted by Gasteiger charge is 2.33. The van der Waals surface area contributed by atoms with Crippen LogP contribution < -0.4 is 0 Å². The van der Waals surface area contributed by atoms with E-state index in [0.29, 0.717) is 37.1 Å². The normalized spacial score (nSPS) is 15.9. The number of halogens is 4. The van der Waals surface area contributed by atoms with Gasteiger partial charge in [-0.25, -0.2) is 17.6 Å². The predicted molar refractivity (Wildman–Crippen MR) is 119 cm³/mol. The van der Waals surface area contributed by atoms with Crippen LogP contribution in [0.3, 0.4) is 0 Å². The summed E-state index contributed by atoms with van der Waals surface area (Å²) in [6.07, 6.45) is 3.00. The predicted octanol–water partition coefficient (Wildman–Crippen LogP) is 5.43. The van der Waals surface area contributed by atoms with Crippen LogP contribution in [0.2, 0.25) is 0 Å². The number of carbonyl (C=O) groups excluding carboxylic acids is 1. The number of furan rings is 1. The summed E-state index contributed by atoms with van der Waals surface area (Å²) in [4.78, 5) is 16.6. The van der Waals surface area contributed by atoms with Crippen molar-refractivity contribution >= 4 is 5.91 Å². The van der Waals surface area contributed by atoms with Crippen LogP contribution in [0.15, 0.2) is 59.2 Å². The monoisotopic (exact) mass is 474 g/mol. The average Bonchev–Trinajstić information content (AvgIpc) is 3.36. The highest BCUT2D eigenvalue weighted by molar-refractivity contribution is 5.91. The van der Waals surface area contributed by atoms with Gasteiger partial charge >= 0.3 is 0 Å². The van der Waals surface area contributed by atoms with Crippen molar-refractivity contribution in [1.82, 2.24) is 9.80 Å². The van der Waals surface area contributed by atoms with Crippen LogP contribution in [0, 0.1) is 29.2 Å². The number of likely N-dealkylation sites (tertiary alicyclic amines) is 1. The molecule has 1 atom stereocenters. The second-order valence-electron chi connectivity index (χ2n) is 8.75. The lowest BCUT2D eigenvalue weighted by molar-refractivity contribution is 0.0553. The average molecular weight is 474 g/mol. The number of likely N-dealkylation sites (N-methyl/N-ethyl adjacent to an activating group) is 1. The summed E-state index contributed by atoms with van der Waals surface area (Å²) in [5.41, 5.74) is 0.628. The Morgan fingerprint density at radius 3 is 2.38 bits per heavy atom. The summed E-state index contributed by atoms with van der Waals surface area (Å²) in [7, 11) is 1.66. The van der Waals surface area contributed by atoms with Gasteiger partial charge in [-0.1, -0.05) is 6.07 Å². The molecule has 1 aliphatic heterocycles. The van der Waals surface area contributed by atoms with E-state index in [0.717, 1.165) is 18.2 Å². The van der Waals surface area contributed by atoms with E-state index < -0.39 is 23.3 Å². The third-order valence-corrected chi connectivity index (χ3v) is 6.57. The summed E-state index contributed by atoms with van der Waals surface area (Å²) in [6.45, 7) is 1.52. The van der Waals surface area contributed by atoms with Crippen molar-refractivity contribution in [3.8, 4) is 0 Å². The van der Waals surface area contributed by atoms with E-state index in [2.05, 4.69) is 0 Å². The Morgan fingerprint density at radius 2 is 1.71 bits per heavy atom. The first kappa shape index (κ1) is 24.0. The van der Waals surface area contributed by atoms with Gasteiger partial charge in [-0.15, -0.1) is 0 Å². The van der Waals surface area contributed by atoms with Crippen molar-refractivity contribution < 1.29 is 26.8 Å². The Labute approximate surface area is 195 Å². The van der Waals surface area contributed by atoms with Gasteiger partial charge in [0.1, 0.15) is 23.3 Å². The van der Waals surface area contributed by atoms with Crippen LogP contribution in [-0.2, 0) is 13.0 Å². The zero-order valence-corrected chi connectivity index (χ0v) is 18.8. The van der Waals surface area contributed by atoms with Gasteiger partial charge in [-0.2, -0.15) is 0 Å². The summed E-state index contributed by atoms with van der Waals surface area (Å²) in [5, 5.41) is 0. The van der Waals surface area contributed by atoms with E-state index in [1.54, 1.807) is 24.1 Å². The number of piperidine rings is 1. The highest BCUT2D eigenvalue weighted by atomic mass is 19.1. The van der Waals surface area contributed by atoms with Gasteiger partial charge in [0, 0.05) is 31.3 Å². The molecule has 0 unspecified atom stereocenters. The van der Waals surface area contributed by atoms with Crippen LogP contribution in [0.4, 0.5) is 17.6 Å². The summed E-state index contributed by atoms with van der Waals surface area (Å²) in [6, 6.07) is 9.73. The Hall–Kier alpha value is -3.13. The maximum atomic E-state index is 14.5. The SMILES string of the molecule is CN(C(=O)c1ccco1)[C@H](Cc1ccc(F)cc1F)C1CCN(Cc2cc(F)ccc2F)CC1. The molecule has 1 saturated heterocycles. The summed E-state index contributed by atoms with van der Waals surface area (Å²) >= 11 is 0. The molecule has 0 bridgehead atoms. The Morgan fingerprint density at radius 1 is 1.00 bits per heavy atom. The van der Waals surface area contributed by atoms with Crippen LogP contribution in [0.1, 0.15) is 34.5 Å². The smallest absolute Gasteiger partial charge is 0.289 e. The molecule has 0 saturated carbocycles. The minimum absolute atomic E-state index is 0.0296. The van der Waals surface area contributed by atoms with Crippen molar-refractivity contribution in [2.24, 2.45) is 5.92 Å². The first-order chi connectivity index (χ1) is 16.3. The lowest BCUT2D eigenvalue weighted by Gasteiger charge is -2.40. The van der Waals surface area contributed by atoms with Gasteiger partial charge < -0.3 is 9.32 Å². The number of hydrogen-bond acceptors (Lipinski definition) is 3. The molecule has 1 amide bonds. The molecule has 1 aromatic heterocycles. The molecule has 0 radical (unpaired) electrons. The minimum atomic E-state index is -0.657. The molecule has 3 aromatic rings. The van der Waals surface area contributed by atoms with Gasteiger partial charge in [0.2, 0.25) is 0 Å². The Kier molecular flexibility index (Phi) is 7.36. The second-order valence-corrected chi connectivity index (χ2v) is 8.75. The minimum Gasteiger partial charge on any atom is -0.459 e. The van der Waals surface area contributed by atoms with E-state index >= 15 is 0 Å². The number of benzene rings is 2. The van der Waals surface area contributed by atoms with Gasteiger partial charge in [0.25, 0.3) is 5.91 Å². The topological polar surface area (TPSA) is 36.7 Å². The van der Waals surface area contributed by atoms with E-state index in [1.807, 2.05) is 4.90 Å². The molecule has 0 N–H and O–H groups in total. The van der Waals surface area contributed by atoms with Crippen molar-refractivity contribution in [3.63, 3.8) is 0 Å². The van der Waals surface area contributed by atoms with Gasteiger partial charge in [-0.05, 0) is 80.2 Å². The maximum absolute atomic E-state index is 14.5. The van der Waals surface area contributed by atoms with Crippen LogP contribution >= 0.6 is 0 Å². The molecular weight excluding hydrogens is 448 g/mol. The molecule has 0 aliphatic carbocycles. The molecule has 1 aliphatic rings. The summed E-state index contributed by atoms with van der Waals surface area (Å²) < 4.78 is 60.7.